The largest absolute Gasteiger partial charge is 0.420 e. The third-order valence-electron chi connectivity index (χ3n) is 4.14. The number of amides is 1. The van der Waals surface area contributed by atoms with Crippen molar-refractivity contribution >= 4 is 22.7 Å². The molecule has 0 spiro atoms. The van der Waals surface area contributed by atoms with E-state index in [2.05, 4.69) is 10.3 Å². The summed E-state index contributed by atoms with van der Waals surface area (Å²) in [6, 6.07) is 12.1. The van der Waals surface area contributed by atoms with Gasteiger partial charge in [-0.25, -0.2) is 9.78 Å². The van der Waals surface area contributed by atoms with Crippen molar-refractivity contribution in [2.24, 2.45) is 0 Å². The number of aromatic nitrogens is 3. The molecule has 0 aliphatic heterocycles. The molecule has 0 aliphatic carbocycles. The van der Waals surface area contributed by atoms with Gasteiger partial charge in [-0.1, -0.05) is 18.2 Å². The maximum absolute atomic E-state index is 12.5. The topological polar surface area (TPSA) is 81.5 Å². The summed E-state index contributed by atoms with van der Waals surface area (Å²) >= 11 is 0. The summed E-state index contributed by atoms with van der Waals surface area (Å²) in [5.74, 6) is -0.817. The number of benzene rings is 1. The molecule has 126 valence electrons. The SMILES string of the molecule is C[C@@H](C(=O)NCc1cn2ccccc2n1)n1c(=O)oc2ccccc21. The van der Waals surface area contributed by atoms with Crippen molar-refractivity contribution in [3.63, 3.8) is 0 Å². The Labute approximate surface area is 142 Å². The molecule has 1 amide bonds. The van der Waals surface area contributed by atoms with Crippen LogP contribution in [-0.4, -0.2) is 19.9 Å². The van der Waals surface area contributed by atoms with E-state index in [-0.39, 0.29) is 12.5 Å². The zero-order chi connectivity index (χ0) is 17.4. The minimum atomic E-state index is -0.687. The fraction of sp³-hybridized carbons (Fsp3) is 0.167. The highest BCUT2D eigenvalue weighted by Crippen LogP contribution is 2.16. The molecule has 4 aromatic rings. The Morgan fingerprint density at radius 1 is 1.24 bits per heavy atom. The molecule has 1 aromatic carbocycles. The van der Waals surface area contributed by atoms with Gasteiger partial charge in [0, 0.05) is 12.4 Å². The van der Waals surface area contributed by atoms with Crippen LogP contribution in [0.15, 0.2) is 64.1 Å². The van der Waals surface area contributed by atoms with E-state index in [0.29, 0.717) is 11.1 Å². The van der Waals surface area contributed by atoms with E-state index in [0.717, 1.165) is 11.3 Å². The fourth-order valence-corrected chi connectivity index (χ4v) is 2.87. The Morgan fingerprint density at radius 2 is 2.04 bits per heavy atom. The van der Waals surface area contributed by atoms with Gasteiger partial charge in [0.25, 0.3) is 0 Å². The molecule has 1 atom stereocenters. The van der Waals surface area contributed by atoms with Crippen LogP contribution < -0.4 is 11.1 Å². The van der Waals surface area contributed by atoms with Gasteiger partial charge in [-0.3, -0.25) is 9.36 Å². The van der Waals surface area contributed by atoms with Crippen LogP contribution >= 0.6 is 0 Å². The second-order valence-corrected chi connectivity index (χ2v) is 5.80. The quantitative estimate of drug-likeness (QED) is 0.619. The molecule has 25 heavy (non-hydrogen) atoms. The van der Waals surface area contributed by atoms with Crippen LogP contribution in [0.3, 0.4) is 0 Å². The van der Waals surface area contributed by atoms with E-state index in [1.54, 1.807) is 31.2 Å². The highest BCUT2D eigenvalue weighted by atomic mass is 16.4. The molecule has 3 heterocycles. The minimum Gasteiger partial charge on any atom is -0.408 e. The van der Waals surface area contributed by atoms with Crippen LogP contribution in [0.1, 0.15) is 18.7 Å². The smallest absolute Gasteiger partial charge is 0.408 e. The van der Waals surface area contributed by atoms with E-state index >= 15 is 0 Å². The summed E-state index contributed by atoms with van der Waals surface area (Å²) in [6.45, 7) is 1.96. The Hall–Kier alpha value is -3.35. The summed E-state index contributed by atoms with van der Waals surface area (Å²) in [6.07, 6.45) is 3.76. The van der Waals surface area contributed by atoms with Gasteiger partial charge < -0.3 is 14.1 Å². The van der Waals surface area contributed by atoms with Gasteiger partial charge in [0.15, 0.2) is 5.58 Å². The summed E-state index contributed by atoms with van der Waals surface area (Å²) in [4.78, 5) is 29.0. The molecule has 0 saturated carbocycles. The van der Waals surface area contributed by atoms with Crippen LogP contribution in [-0.2, 0) is 11.3 Å². The molecular formula is C18H16N4O3. The molecule has 0 bridgehead atoms. The van der Waals surface area contributed by atoms with Crippen molar-refractivity contribution in [3.8, 4) is 0 Å². The molecule has 1 N–H and O–H groups in total. The fourth-order valence-electron chi connectivity index (χ4n) is 2.87. The van der Waals surface area contributed by atoms with Gasteiger partial charge in [-0.15, -0.1) is 0 Å². The number of carbonyl (C=O) groups excluding carboxylic acids is 1. The number of para-hydroxylation sites is 2. The number of nitrogens with zero attached hydrogens (tertiary/aromatic N) is 3. The van der Waals surface area contributed by atoms with Gasteiger partial charge in [0.1, 0.15) is 11.7 Å². The summed E-state index contributed by atoms with van der Waals surface area (Å²) in [5.41, 5.74) is 2.63. The first-order valence-corrected chi connectivity index (χ1v) is 7.94. The summed E-state index contributed by atoms with van der Waals surface area (Å²) < 4.78 is 8.43. The lowest BCUT2D eigenvalue weighted by Crippen LogP contribution is -2.34. The predicted molar refractivity (Wildman–Crippen MR) is 92.2 cm³/mol. The number of nitrogens with one attached hydrogen (secondary N) is 1. The third-order valence-corrected chi connectivity index (χ3v) is 4.14. The van der Waals surface area contributed by atoms with Crippen LogP contribution in [0.25, 0.3) is 16.7 Å². The third kappa shape index (κ3) is 2.69. The molecule has 0 fully saturated rings. The standard InChI is InChI=1S/C18H16N4O3/c1-12(22-14-6-2-3-7-15(14)25-18(22)24)17(23)19-10-13-11-21-9-5-4-8-16(21)20-13/h2-9,11-12H,10H2,1H3,(H,19,23)/t12-/m0/s1. The average molecular weight is 336 g/mol. The summed E-state index contributed by atoms with van der Waals surface area (Å²) in [7, 11) is 0. The second-order valence-electron chi connectivity index (χ2n) is 5.80. The molecule has 7 heteroatoms. The zero-order valence-electron chi connectivity index (χ0n) is 13.5. The molecule has 0 unspecified atom stereocenters. The first-order chi connectivity index (χ1) is 12.1. The number of pyridine rings is 1. The van der Waals surface area contributed by atoms with Gasteiger partial charge in [-0.2, -0.15) is 0 Å². The van der Waals surface area contributed by atoms with Gasteiger partial charge in [-0.05, 0) is 31.2 Å². The van der Waals surface area contributed by atoms with Crippen molar-refractivity contribution in [2.75, 3.05) is 0 Å². The number of fused-ring (bicyclic) bond motifs is 2. The number of rotatable bonds is 4. The molecule has 0 saturated heterocycles. The first kappa shape index (κ1) is 15.2. The summed E-state index contributed by atoms with van der Waals surface area (Å²) in [5, 5.41) is 2.82. The predicted octanol–water partition coefficient (Wildman–Crippen LogP) is 2.12. The van der Waals surface area contributed by atoms with E-state index in [1.807, 2.05) is 35.0 Å². The van der Waals surface area contributed by atoms with Crippen molar-refractivity contribution in [3.05, 3.63) is 71.1 Å². The van der Waals surface area contributed by atoms with E-state index in [9.17, 15) is 9.59 Å². The van der Waals surface area contributed by atoms with Crippen LogP contribution in [0.2, 0.25) is 0 Å². The highest BCUT2D eigenvalue weighted by molar-refractivity contribution is 5.82. The molecule has 4 rings (SSSR count). The maximum atomic E-state index is 12.5. The van der Waals surface area contributed by atoms with Crippen LogP contribution in [0, 0.1) is 0 Å². The zero-order valence-corrected chi connectivity index (χ0v) is 13.5. The van der Waals surface area contributed by atoms with Crippen molar-refractivity contribution in [2.45, 2.75) is 19.5 Å². The molecule has 0 aliphatic rings. The Balaban J connectivity index is 1.54. The Kier molecular flexibility index (Phi) is 3.61. The minimum absolute atomic E-state index is 0.272. The number of hydrogen-bond acceptors (Lipinski definition) is 4. The highest BCUT2D eigenvalue weighted by Gasteiger charge is 2.21. The van der Waals surface area contributed by atoms with Gasteiger partial charge >= 0.3 is 5.76 Å². The number of hydrogen-bond donors (Lipinski definition) is 1. The number of oxazole rings is 1. The normalized spacial score (nSPS) is 12.5. The monoisotopic (exact) mass is 336 g/mol. The Bertz CT molecular complexity index is 1090. The molecule has 7 nitrogen and oxygen atoms in total. The van der Waals surface area contributed by atoms with E-state index < -0.39 is 11.8 Å². The van der Waals surface area contributed by atoms with Gasteiger partial charge in [0.2, 0.25) is 5.91 Å². The lowest BCUT2D eigenvalue weighted by atomic mass is 10.2. The van der Waals surface area contributed by atoms with Crippen molar-refractivity contribution < 1.29 is 9.21 Å². The lowest BCUT2D eigenvalue weighted by Gasteiger charge is -2.12. The first-order valence-electron chi connectivity index (χ1n) is 7.94. The number of imidazole rings is 1. The van der Waals surface area contributed by atoms with Gasteiger partial charge in [0.05, 0.1) is 17.8 Å². The maximum Gasteiger partial charge on any atom is 0.420 e. The van der Waals surface area contributed by atoms with Crippen LogP contribution in [0.4, 0.5) is 0 Å². The van der Waals surface area contributed by atoms with E-state index in [1.165, 1.54) is 4.57 Å². The van der Waals surface area contributed by atoms with Crippen molar-refractivity contribution in [1.82, 2.24) is 19.3 Å². The molecule has 3 aromatic heterocycles. The van der Waals surface area contributed by atoms with Crippen LogP contribution in [0.5, 0.6) is 0 Å². The average Bonchev–Trinajstić information content (AvgIpc) is 3.18. The molecular weight excluding hydrogens is 320 g/mol. The molecule has 0 radical (unpaired) electrons. The van der Waals surface area contributed by atoms with Crippen molar-refractivity contribution in [1.29, 1.82) is 0 Å². The second kappa shape index (κ2) is 5.94. The van der Waals surface area contributed by atoms with E-state index in [4.69, 9.17) is 4.42 Å². The number of carbonyl (C=O) groups is 1. The Morgan fingerprint density at radius 3 is 2.88 bits per heavy atom. The lowest BCUT2D eigenvalue weighted by molar-refractivity contribution is -0.124.